The molecule has 27 heavy (non-hydrogen) atoms. The summed E-state index contributed by atoms with van der Waals surface area (Å²) in [5.41, 5.74) is 0.102. The highest BCUT2D eigenvalue weighted by atomic mass is 19.4. The van der Waals surface area contributed by atoms with Gasteiger partial charge in [-0.05, 0) is 42.9 Å². The summed E-state index contributed by atoms with van der Waals surface area (Å²) in [7, 11) is 0. The molecule has 2 aromatic rings. The van der Waals surface area contributed by atoms with Crippen LogP contribution in [-0.4, -0.2) is 35.0 Å². The van der Waals surface area contributed by atoms with Gasteiger partial charge in [-0.2, -0.15) is 13.2 Å². The summed E-state index contributed by atoms with van der Waals surface area (Å²) in [5.74, 6) is 0.274. The lowest BCUT2D eigenvalue weighted by atomic mass is 9.83. The summed E-state index contributed by atoms with van der Waals surface area (Å²) in [4.78, 5) is 18.3. The Labute approximate surface area is 155 Å². The zero-order valence-corrected chi connectivity index (χ0v) is 15.1. The van der Waals surface area contributed by atoms with Crippen molar-refractivity contribution >= 4 is 16.9 Å². The van der Waals surface area contributed by atoms with Gasteiger partial charge in [-0.15, -0.1) is 0 Å². The Bertz CT molecular complexity index is 863. The summed E-state index contributed by atoms with van der Waals surface area (Å²) in [6.45, 7) is 3.26. The summed E-state index contributed by atoms with van der Waals surface area (Å²) in [6, 6.07) is 6.26. The molecule has 1 aromatic carbocycles. The number of halogens is 3. The lowest BCUT2D eigenvalue weighted by Crippen LogP contribution is -2.48. The number of hydrogen-bond acceptors (Lipinski definition) is 2. The molecule has 2 atom stereocenters. The zero-order valence-electron chi connectivity index (χ0n) is 15.1. The molecular weight excluding hydrogens is 355 g/mol. The van der Waals surface area contributed by atoms with E-state index in [2.05, 4.69) is 17.2 Å². The molecule has 2 fully saturated rings. The molecular formula is C20H22F3N3O. The van der Waals surface area contributed by atoms with Gasteiger partial charge >= 0.3 is 12.2 Å². The highest BCUT2D eigenvalue weighted by Gasteiger charge is 2.36. The second-order valence-electron chi connectivity index (χ2n) is 7.77. The third-order valence-corrected chi connectivity index (χ3v) is 5.40. The first-order chi connectivity index (χ1) is 12.8. The summed E-state index contributed by atoms with van der Waals surface area (Å²) < 4.78 is 40.0. The molecule has 2 amide bonds. The Kier molecular flexibility index (Phi) is 4.48. The van der Waals surface area contributed by atoms with Crippen LogP contribution in [-0.2, 0) is 6.18 Å². The Hall–Kier alpha value is -2.31. The van der Waals surface area contributed by atoms with Crippen LogP contribution in [0.25, 0.3) is 10.9 Å². The predicted molar refractivity (Wildman–Crippen MR) is 96.4 cm³/mol. The molecule has 144 valence electrons. The molecule has 1 N–H and O–H groups in total. The van der Waals surface area contributed by atoms with Crippen LogP contribution in [0.5, 0.6) is 0 Å². The van der Waals surface area contributed by atoms with Crippen LogP contribution in [0.2, 0.25) is 0 Å². The van der Waals surface area contributed by atoms with Gasteiger partial charge in [-0.25, -0.2) is 4.79 Å². The maximum atomic E-state index is 13.3. The van der Waals surface area contributed by atoms with Crippen LogP contribution in [0, 0.1) is 5.92 Å². The Morgan fingerprint density at radius 1 is 1.22 bits per heavy atom. The van der Waals surface area contributed by atoms with Crippen molar-refractivity contribution in [2.24, 2.45) is 5.92 Å². The molecule has 1 aromatic heterocycles. The van der Waals surface area contributed by atoms with Gasteiger partial charge in [0.2, 0.25) is 0 Å². The molecule has 0 bridgehead atoms. The minimum atomic E-state index is -4.44. The number of carbonyl (C=O) groups excluding carboxylic acids is 1. The van der Waals surface area contributed by atoms with Crippen molar-refractivity contribution in [2.45, 2.75) is 44.3 Å². The highest BCUT2D eigenvalue weighted by Crippen LogP contribution is 2.39. The summed E-state index contributed by atoms with van der Waals surface area (Å²) in [6.07, 6.45) is -0.175. The lowest BCUT2D eigenvalue weighted by molar-refractivity contribution is -0.136. The summed E-state index contributed by atoms with van der Waals surface area (Å²) in [5, 5.41) is 3.53. The number of amides is 2. The van der Waals surface area contributed by atoms with Gasteiger partial charge in [0.05, 0.1) is 11.1 Å². The molecule has 2 aliphatic rings. The quantitative estimate of drug-likeness (QED) is 0.834. The van der Waals surface area contributed by atoms with E-state index in [4.69, 9.17) is 0 Å². The van der Waals surface area contributed by atoms with Crippen molar-refractivity contribution in [2.75, 3.05) is 13.1 Å². The van der Waals surface area contributed by atoms with Crippen LogP contribution in [0.1, 0.15) is 43.2 Å². The Balaban J connectivity index is 1.67. The number of aromatic nitrogens is 1. The molecule has 4 rings (SSSR count). The van der Waals surface area contributed by atoms with Crippen molar-refractivity contribution in [3.8, 4) is 0 Å². The number of hydrogen-bond donors (Lipinski definition) is 1. The average molecular weight is 377 g/mol. The fraction of sp³-hybridized carbons (Fsp3) is 0.500. The highest BCUT2D eigenvalue weighted by molar-refractivity contribution is 5.86. The molecule has 7 heteroatoms. The number of piperidine rings is 1. The van der Waals surface area contributed by atoms with Crippen LogP contribution < -0.4 is 5.32 Å². The van der Waals surface area contributed by atoms with E-state index in [1.54, 1.807) is 23.1 Å². The molecule has 1 saturated heterocycles. The van der Waals surface area contributed by atoms with Crippen molar-refractivity contribution in [3.63, 3.8) is 0 Å². The standard InChI is InChI=1S/C20H22F3N3O/c1-12-9-13(11-26(10-12)19(27)25-14-4-5-14)15-6-7-17(20(21,22)23)18-16(15)3-2-8-24-18/h2-3,6-8,12-14H,4-5,9-11H2,1H3,(H,25,27). The minimum Gasteiger partial charge on any atom is -0.335 e. The SMILES string of the molecule is CC1CC(c2ccc(C(F)(F)F)c3ncccc23)CN(C(=O)NC2CC2)C1. The second kappa shape index (κ2) is 6.69. The molecule has 2 unspecified atom stereocenters. The first-order valence-corrected chi connectivity index (χ1v) is 9.33. The average Bonchev–Trinajstić information content (AvgIpc) is 3.43. The van der Waals surface area contributed by atoms with E-state index >= 15 is 0 Å². The normalized spacial score (nSPS) is 23.5. The van der Waals surface area contributed by atoms with E-state index in [-0.39, 0.29) is 29.4 Å². The van der Waals surface area contributed by atoms with E-state index in [0.717, 1.165) is 30.9 Å². The van der Waals surface area contributed by atoms with Crippen LogP contribution in [0.4, 0.5) is 18.0 Å². The van der Waals surface area contributed by atoms with Crippen molar-refractivity contribution in [3.05, 3.63) is 41.6 Å². The van der Waals surface area contributed by atoms with E-state index in [9.17, 15) is 18.0 Å². The molecule has 0 spiro atoms. The number of urea groups is 1. The van der Waals surface area contributed by atoms with Crippen LogP contribution in [0.15, 0.2) is 30.5 Å². The molecule has 1 aliphatic carbocycles. The fourth-order valence-electron chi connectivity index (χ4n) is 4.02. The topological polar surface area (TPSA) is 45.2 Å². The first-order valence-electron chi connectivity index (χ1n) is 9.33. The van der Waals surface area contributed by atoms with Gasteiger partial charge in [0, 0.05) is 36.6 Å². The predicted octanol–water partition coefficient (Wildman–Crippen LogP) is 4.55. The Morgan fingerprint density at radius 3 is 2.70 bits per heavy atom. The largest absolute Gasteiger partial charge is 0.418 e. The maximum absolute atomic E-state index is 13.3. The van der Waals surface area contributed by atoms with Crippen molar-refractivity contribution in [1.29, 1.82) is 0 Å². The number of likely N-dealkylation sites (tertiary alicyclic amines) is 1. The van der Waals surface area contributed by atoms with Gasteiger partial charge in [-0.3, -0.25) is 4.98 Å². The van der Waals surface area contributed by atoms with Gasteiger partial charge in [0.25, 0.3) is 0 Å². The van der Waals surface area contributed by atoms with Crippen molar-refractivity contribution in [1.82, 2.24) is 15.2 Å². The maximum Gasteiger partial charge on any atom is 0.418 e. The van der Waals surface area contributed by atoms with Crippen LogP contribution in [0.3, 0.4) is 0 Å². The van der Waals surface area contributed by atoms with Gasteiger partial charge in [0.15, 0.2) is 0 Å². The number of nitrogens with one attached hydrogen (secondary N) is 1. The molecule has 0 radical (unpaired) electrons. The molecule has 4 nitrogen and oxygen atoms in total. The zero-order chi connectivity index (χ0) is 19.2. The number of alkyl halides is 3. The van der Waals surface area contributed by atoms with E-state index in [1.807, 2.05) is 0 Å². The Morgan fingerprint density at radius 2 is 2.00 bits per heavy atom. The minimum absolute atomic E-state index is 0.00677. The van der Waals surface area contributed by atoms with E-state index in [1.165, 1.54) is 6.20 Å². The van der Waals surface area contributed by atoms with Gasteiger partial charge < -0.3 is 10.2 Å². The third kappa shape index (κ3) is 3.73. The fourth-order valence-corrected chi connectivity index (χ4v) is 4.02. The lowest BCUT2D eigenvalue weighted by Gasteiger charge is -2.37. The molecule has 1 aliphatic heterocycles. The van der Waals surface area contributed by atoms with Gasteiger partial charge in [0.1, 0.15) is 0 Å². The first kappa shape index (κ1) is 18.1. The van der Waals surface area contributed by atoms with E-state index in [0.29, 0.717) is 18.5 Å². The van der Waals surface area contributed by atoms with E-state index < -0.39 is 11.7 Å². The number of rotatable bonds is 2. The number of carbonyl (C=O) groups is 1. The van der Waals surface area contributed by atoms with Crippen LogP contribution >= 0.6 is 0 Å². The van der Waals surface area contributed by atoms with Crippen molar-refractivity contribution < 1.29 is 18.0 Å². The number of nitrogens with zero attached hydrogens (tertiary/aromatic N) is 2. The number of pyridine rings is 1. The summed E-state index contributed by atoms with van der Waals surface area (Å²) >= 11 is 0. The third-order valence-electron chi connectivity index (χ3n) is 5.40. The number of fused-ring (bicyclic) bond motifs is 1. The molecule has 2 heterocycles. The number of benzene rings is 1. The van der Waals surface area contributed by atoms with Gasteiger partial charge in [-0.1, -0.05) is 19.1 Å². The molecule has 1 saturated carbocycles. The monoisotopic (exact) mass is 377 g/mol. The smallest absolute Gasteiger partial charge is 0.335 e. The second-order valence-corrected chi connectivity index (χ2v) is 7.77.